The first-order chi connectivity index (χ1) is 15.5. The number of ether oxygens (including phenoxy) is 2. The second-order valence-corrected chi connectivity index (χ2v) is 7.04. The number of anilines is 1. The van der Waals surface area contributed by atoms with Gasteiger partial charge in [0.05, 0.1) is 12.8 Å². The maximum absolute atomic E-state index is 12.8. The zero-order valence-corrected chi connectivity index (χ0v) is 17.8. The number of carbonyl (C=O) groups excluding carboxylic acids is 3. The Labute approximate surface area is 186 Å². The number of rotatable bonds is 8. The maximum Gasteiger partial charge on any atom is 0.333 e. The van der Waals surface area contributed by atoms with Gasteiger partial charge < -0.3 is 20.1 Å². The SMILES string of the molecule is COc1ccc(C)cc1NC(=O)COC(=O)C(NC(=O)c1ccccc1)c1ccccc1. The third-order valence-electron chi connectivity index (χ3n) is 4.65. The van der Waals surface area contributed by atoms with Crippen molar-refractivity contribution in [1.29, 1.82) is 0 Å². The van der Waals surface area contributed by atoms with Gasteiger partial charge in [-0.25, -0.2) is 4.79 Å². The first-order valence-corrected chi connectivity index (χ1v) is 10.00. The van der Waals surface area contributed by atoms with Gasteiger partial charge in [-0.1, -0.05) is 54.6 Å². The van der Waals surface area contributed by atoms with Crippen LogP contribution in [0.15, 0.2) is 78.9 Å². The normalized spacial score (nSPS) is 11.2. The number of hydrogen-bond acceptors (Lipinski definition) is 5. The average Bonchev–Trinajstić information content (AvgIpc) is 2.82. The summed E-state index contributed by atoms with van der Waals surface area (Å²) in [5, 5.41) is 5.36. The highest BCUT2D eigenvalue weighted by atomic mass is 16.5. The first-order valence-electron chi connectivity index (χ1n) is 10.00. The van der Waals surface area contributed by atoms with Crippen LogP contribution in [0, 0.1) is 6.92 Å². The summed E-state index contributed by atoms with van der Waals surface area (Å²) in [5.41, 5.74) is 2.37. The Morgan fingerprint density at radius 2 is 1.56 bits per heavy atom. The minimum atomic E-state index is -1.06. The minimum Gasteiger partial charge on any atom is -0.495 e. The topological polar surface area (TPSA) is 93.7 Å². The van der Waals surface area contributed by atoms with Gasteiger partial charge in [0.1, 0.15) is 5.75 Å². The van der Waals surface area contributed by atoms with Crippen molar-refractivity contribution in [2.24, 2.45) is 0 Å². The van der Waals surface area contributed by atoms with E-state index in [9.17, 15) is 14.4 Å². The van der Waals surface area contributed by atoms with Gasteiger partial charge >= 0.3 is 5.97 Å². The van der Waals surface area contributed by atoms with Crippen LogP contribution in [0.1, 0.15) is 27.5 Å². The lowest BCUT2D eigenvalue weighted by atomic mass is 10.1. The van der Waals surface area contributed by atoms with E-state index in [4.69, 9.17) is 9.47 Å². The molecule has 0 bridgehead atoms. The number of esters is 1. The summed E-state index contributed by atoms with van der Waals surface area (Å²) in [6.45, 7) is 1.37. The molecule has 0 heterocycles. The second kappa shape index (κ2) is 10.8. The smallest absolute Gasteiger partial charge is 0.333 e. The van der Waals surface area contributed by atoms with Crippen LogP contribution >= 0.6 is 0 Å². The molecular formula is C25H24N2O5. The fourth-order valence-electron chi connectivity index (χ4n) is 3.05. The van der Waals surface area contributed by atoms with E-state index < -0.39 is 30.4 Å². The Hall–Kier alpha value is -4.13. The monoisotopic (exact) mass is 432 g/mol. The fourth-order valence-corrected chi connectivity index (χ4v) is 3.05. The zero-order valence-electron chi connectivity index (χ0n) is 17.8. The lowest BCUT2D eigenvalue weighted by Crippen LogP contribution is -2.36. The molecule has 0 aliphatic heterocycles. The van der Waals surface area contributed by atoms with Gasteiger partial charge in [-0.2, -0.15) is 0 Å². The molecular weight excluding hydrogens is 408 g/mol. The molecule has 0 saturated heterocycles. The van der Waals surface area contributed by atoms with Crippen LogP contribution in [0.3, 0.4) is 0 Å². The number of amides is 2. The molecule has 0 fully saturated rings. The summed E-state index contributed by atoms with van der Waals surface area (Å²) in [5.74, 6) is -1.20. The van der Waals surface area contributed by atoms with Crippen molar-refractivity contribution in [3.05, 3.63) is 95.6 Å². The Morgan fingerprint density at radius 1 is 0.906 bits per heavy atom. The molecule has 1 unspecified atom stereocenters. The second-order valence-electron chi connectivity index (χ2n) is 7.04. The molecule has 3 aromatic carbocycles. The molecule has 3 rings (SSSR count). The molecule has 164 valence electrons. The predicted molar refractivity (Wildman–Crippen MR) is 120 cm³/mol. The molecule has 7 nitrogen and oxygen atoms in total. The standard InChI is InChI=1S/C25H24N2O5/c1-17-13-14-21(31-2)20(15-17)26-22(28)16-32-25(30)23(18-9-5-3-6-10-18)27-24(29)19-11-7-4-8-12-19/h3-15,23H,16H2,1-2H3,(H,26,28)(H,27,29). The molecule has 0 aliphatic carbocycles. The van der Waals surface area contributed by atoms with Crippen LogP contribution in [0.25, 0.3) is 0 Å². The van der Waals surface area contributed by atoms with Crippen LogP contribution in [0.2, 0.25) is 0 Å². The van der Waals surface area contributed by atoms with Crippen molar-refractivity contribution in [2.75, 3.05) is 19.0 Å². The first kappa shape index (κ1) is 22.6. The predicted octanol–water partition coefficient (Wildman–Crippen LogP) is 3.66. The lowest BCUT2D eigenvalue weighted by Gasteiger charge is -2.18. The highest BCUT2D eigenvalue weighted by molar-refractivity contribution is 5.98. The van der Waals surface area contributed by atoms with Gasteiger partial charge in [0.25, 0.3) is 11.8 Å². The average molecular weight is 432 g/mol. The molecule has 7 heteroatoms. The highest BCUT2D eigenvalue weighted by Gasteiger charge is 2.25. The summed E-state index contributed by atoms with van der Waals surface area (Å²) < 4.78 is 10.5. The third kappa shape index (κ3) is 5.95. The van der Waals surface area contributed by atoms with Crippen molar-refractivity contribution in [3.63, 3.8) is 0 Å². The van der Waals surface area contributed by atoms with E-state index >= 15 is 0 Å². The summed E-state index contributed by atoms with van der Waals surface area (Å²) >= 11 is 0. The molecule has 0 spiro atoms. The van der Waals surface area contributed by atoms with E-state index in [-0.39, 0.29) is 0 Å². The molecule has 0 saturated carbocycles. The van der Waals surface area contributed by atoms with Crippen LogP contribution in [-0.4, -0.2) is 31.5 Å². The number of benzene rings is 3. The van der Waals surface area contributed by atoms with E-state index in [1.165, 1.54) is 7.11 Å². The number of methoxy groups -OCH3 is 1. The summed E-state index contributed by atoms with van der Waals surface area (Å²) in [6, 6.07) is 21.5. The van der Waals surface area contributed by atoms with Crippen LogP contribution in [0.4, 0.5) is 5.69 Å². The molecule has 1 atom stereocenters. The van der Waals surface area contributed by atoms with E-state index in [0.717, 1.165) is 5.56 Å². The molecule has 0 aromatic heterocycles. The Bertz CT molecular complexity index is 1080. The summed E-state index contributed by atoms with van der Waals surface area (Å²) in [7, 11) is 1.50. The summed E-state index contributed by atoms with van der Waals surface area (Å²) in [6.07, 6.45) is 0. The molecule has 2 N–H and O–H groups in total. The van der Waals surface area contributed by atoms with E-state index in [1.807, 2.05) is 13.0 Å². The molecule has 32 heavy (non-hydrogen) atoms. The number of hydrogen-bond donors (Lipinski definition) is 2. The van der Waals surface area contributed by atoms with Gasteiger partial charge in [0.2, 0.25) is 0 Å². The van der Waals surface area contributed by atoms with E-state index in [2.05, 4.69) is 10.6 Å². The Kier molecular flexibility index (Phi) is 7.59. The van der Waals surface area contributed by atoms with Gasteiger partial charge in [-0.05, 0) is 42.3 Å². The maximum atomic E-state index is 12.8. The number of aryl methyl sites for hydroxylation is 1. The van der Waals surface area contributed by atoms with Crippen molar-refractivity contribution in [2.45, 2.75) is 13.0 Å². The van der Waals surface area contributed by atoms with E-state index in [0.29, 0.717) is 22.6 Å². The Morgan fingerprint density at radius 3 is 2.22 bits per heavy atom. The lowest BCUT2D eigenvalue weighted by molar-refractivity contribution is -0.149. The van der Waals surface area contributed by atoms with E-state index in [1.54, 1.807) is 72.8 Å². The van der Waals surface area contributed by atoms with Gasteiger partial charge in [0.15, 0.2) is 12.6 Å². The minimum absolute atomic E-state index is 0.408. The molecule has 0 aliphatic rings. The van der Waals surface area contributed by atoms with Crippen molar-refractivity contribution in [3.8, 4) is 5.75 Å². The van der Waals surface area contributed by atoms with Gasteiger partial charge in [0, 0.05) is 5.56 Å². The summed E-state index contributed by atoms with van der Waals surface area (Å²) in [4.78, 5) is 37.8. The largest absolute Gasteiger partial charge is 0.495 e. The van der Waals surface area contributed by atoms with Crippen LogP contribution in [0.5, 0.6) is 5.75 Å². The fraction of sp³-hybridized carbons (Fsp3) is 0.160. The Balaban J connectivity index is 1.68. The van der Waals surface area contributed by atoms with Gasteiger partial charge in [-0.3, -0.25) is 9.59 Å². The van der Waals surface area contributed by atoms with Gasteiger partial charge in [-0.15, -0.1) is 0 Å². The highest BCUT2D eigenvalue weighted by Crippen LogP contribution is 2.25. The number of nitrogens with one attached hydrogen (secondary N) is 2. The quantitative estimate of drug-likeness (QED) is 0.530. The van der Waals surface area contributed by atoms with Crippen molar-refractivity contribution in [1.82, 2.24) is 5.32 Å². The molecule has 2 amide bonds. The molecule has 0 radical (unpaired) electrons. The molecule has 3 aromatic rings. The van der Waals surface area contributed by atoms with Crippen LogP contribution < -0.4 is 15.4 Å². The number of carbonyl (C=O) groups is 3. The van der Waals surface area contributed by atoms with Crippen molar-refractivity contribution >= 4 is 23.5 Å². The third-order valence-corrected chi connectivity index (χ3v) is 4.65. The van der Waals surface area contributed by atoms with Crippen LogP contribution in [-0.2, 0) is 14.3 Å². The van der Waals surface area contributed by atoms with Crippen molar-refractivity contribution < 1.29 is 23.9 Å². The zero-order chi connectivity index (χ0) is 22.9.